The molecule has 1 aromatic carbocycles. The van der Waals surface area contributed by atoms with Gasteiger partial charge < -0.3 is 20.1 Å². The normalized spacial score (nSPS) is 12.0. The van der Waals surface area contributed by atoms with E-state index >= 15 is 0 Å². The second kappa shape index (κ2) is 11.0. The van der Waals surface area contributed by atoms with Gasteiger partial charge in [0.1, 0.15) is 0 Å². The van der Waals surface area contributed by atoms with E-state index in [2.05, 4.69) is 53.9 Å². The van der Waals surface area contributed by atoms with Crippen LogP contribution in [0.4, 0.5) is 0 Å². The van der Waals surface area contributed by atoms with Crippen molar-refractivity contribution in [1.29, 1.82) is 0 Å². The van der Waals surface area contributed by atoms with Crippen molar-refractivity contribution >= 4 is 17.3 Å². The molecule has 160 valence electrons. The van der Waals surface area contributed by atoms with Gasteiger partial charge in [-0.25, -0.2) is 4.98 Å². The molecule has 29 heavy (non-hydrogen) atoms. The molecule has 1 heterocycles. The standard InChI is InChI=1S/C22H34N4O2S/c1-7-27-18-10-9-16(13-19(18)28-8-2)11-12-24-21(23-6)25-14-17-15-29-20(26-17)22(3,4)5/h9-10,13,15H,7-8,11-12,14H2,1-6H3,(H2,23,24,25). The van der Waals surface area contributed by atoms with Gasteiger partial charge in [0.15, 0.2) is 17.5 Å². The number of nitrogens with one attached hydrogen (secondary N) is 2. The summed E-state index contributed by atoms with van der Waals surface area (Å²) in [5.41, 5.74) is 2.31. The fraction of sp³-hybridized carbons (Fsp3) is 0.545. The average molecular weight is 419 g/mol. The van der Waals surface area contributed by atoms with Crippen LogP contribution in [0.2, 0.25) is 0 Å². The SMILES string of the molecule is CCOc1ccc(CCNC(=NC)NCc2csc(C(C)(C)C)n2)cc1OCC. The van der Waals surface area contributed by atoms with Crippen LogP contribution in [0.15, 0.2) is 28.6 Å². The van der Waals surface area contributed by atoms with Crippen LogP contribution in [-0.4, -0.2) is 37.7 Å². The Kier molecular flexibility index (Phi) is 8.76. The molecule has 0 aliphatic heterocycles. The number of benzene rings is 1. The summed E-state index contributed by atoms with van der Waals surface area (Å²) < 4.78 is 11.3. The topological polar surface area (TPSA) is 67.8 Å². The van der Waals surface area contributed by atoms with Gasteiger partial charge in [-0.15, -0.1) is 11.3 Å². The molecular weight excluding hydrogens is 384 g/mol. The highest BCUT2D eigenvalue weighted by atomic mass is 32.1. The molecule has 0 atom stereocenters. The summed E-state index contributed by atoms with van der Waals surface area (Å²) in [7, 11) is 1.78. The van der Waals surface area contributed by atoms with Crippen molar-refractivity contribution in [2.45, 2.75) is 53.0 Å². The average Bonchev–Trinajstić information content (AvgIpc) is 3.16. The predicted molar refractivity (Wildman–Crippen MR) is 121 cm³/mol. The third kappa shape index (κ3) is 7.24. The molecule has 0 amide bonds. The molecular formula is C22H34N4O2S. The number of guanidine groups is 1. The third-order valence-electron chi connectivity index (χ3n) is 4.17. The highest BCUT2D eigenvalue weighted by Gasteiger charge is 2.17. The van der Waals surface area contributed by atoms with Gasteiger partial charge >= 0.3 is 0 Å². The lowest BCUT2D eigenvalue weighted by Crippen LogP contribution is -2.38. The van der Waals surface area contributed by atoms with Crippen molar-refractivity contribution in [2.24, 2.45) is 4.99 Å². The van der Waals surface area contributed by atoms with Crippen LogP contribution in [0, 0.1) is 0 Å². The van der Waals surface area contributed by atoms with Gasteiger partial charge in [0.25, 0.3) is 0 Å². The first-order valence-corrected chi connectivity index (χ1v) is 11.0. The molecule has 0 saturated heterocycles. The summed E-state index contributed by atoms with van der Waals surface area (Å²) in [6.45, 7) is 13.2. The molecule has 0 fully saturated rings. The molecule has 0 saturated carbocycles. The Morgan fingerprint density at radius 1 is 1.10 bits per heavy atom. The molecule has 0 spiro atoms. The summed E-state index contributed by atoms with van der Waals surface area (Å²) in [6.07, 6.45) is 0.859. The zero-order chi connectivity index (χ0) is 21.3. The van der Waals surface area contributed by atoms with Crippen molar-refractivity contribution < 1.29 is 9.47 Å². The molecule has 0 radical (unpaired) electrons. The zero-order valence-corrected chi connectivity index (χ0v) is 19.3. The van der Waals surface area contributed by atoms with Crippen LogP contribution in [0.1, 0.15) is 50.9 Å². The molecule has 7 heteroatoms. The van der Waals surface area contributed by atoms with E-state index in [1.165, 1.54) is 5.56 Å². The minimum Gasteiger partial charge on any atom is -0.490 e. The monoisotopic (exact) mass is 418 g/mol. The van der Waals surface area contributed by atoms with E-state index in [9.17, 15) is 0 Å². The fourth-order valence-electron chi connectivity index (χ4n) is 2.70. The van der Waals surface area contributed by atoms with E-state index in [1.54, 1.807) is 18.4 Å². The highest BCUT2D eigenvalue weighted by molar-refractivity contribution is 7.09. The zero-order valence-electron chi connectivity index (χ0n) is 18.5. The van der Waals surface area contributed by atoms with Crippen LogP contribution < -0.4 is 20.1 Å². The van der Waals surface area contributed by atoms with Gasteiger partial charge in [0, 0.05) is 24.4 Å². The van der Waals surface area contributed by atoms with E-state index < -0.39 is 0 Å². The van der Waals surface area contributed by atoms with Crippen LogP contribution in [-0.2, 0) is 18.4 Å². The molecule has 2 aromatic rings. The van der Waals surface area contributed by atoms with Crippen LogP contribution in [0.3, 0.4) is 0 Å². The van der Waals surface area contributed by atoms with Crippen LogP contribution >= 0.6 is 11.3 Å². The smallest absolute Gasteiger partial charge is 0.191 e. The molecule has 0 aliphatic rings. The van der Waals surface area contributed by atoms with E-state index in [4.69, 9.17) is 14.5 Å². The number of nitrogens with zero attached hydrogens (tertiary/aromatic N) is 2. The molecule has 1 aromatic heterocycles. The summed E-state index contributed by atoms with van der Waals surface area (Å²) in [5, 5.41) is 9.95. The summed E-state index contributed by atoms with van der Waals surface area (Å²) >= 11 is 1.71. The number of hydrogen-bond acceptors (Lipinski definition) is 5. The van der Waals surface area contributed by atoms with Crippen molar-refractivity contribution in [3.8, 4) is 11.5 Å². The third-order valence-corrected chi connectivity index (χ3v) is 5.48. The number of aromatic nitrogens is 1. The number of aliphatic imine (C=N–C) groups is 1. The Balaban J connectivity index is 1.85. The maximum Gasteiger partial charge on any atom is 0.191 e. The van der Waals surface area contributed by atoms with Crippen LogP contribution in [0.25, 0.3) is 0 Å². The number of rotatable bonds is 9. The van der Waals surface area contributed by atoms with E-state index in [-0.39, 0.29) is 5.41 Å². The first-order chi connectivity index (χ1) is 13.9. The molecule has 2 N–H and O–H groups in total. The minimum absolute atomic E-state index is 0.0842. The quantitative estimate of drug-likeness (QED) is 0.473. The molecule has 0 unspecified atom stereocenters. The lowest BCUT2D eigenvalue weighted by atomic mass is 9.98. The maximum absolute atomic E-state index is 5.70. The van der Waals surface area contributed by atoms with Crippen molar-refractivity contribution in [3.63, 3.8) is 0 Å². The first kappa shape index (κ1) is 23.0. The molecule has 0 aliphatic carbocycles. The van der Waals surface area contributed by atoms with Gasteiger partial charge in [-0.1, -0.05) is 26.8 Å². The van der Waals surface area contributed by atoms with Crippen molar-refractivity contribution in [2.75, 3.05) is 26.8 Å². The first-order valence-electron chi connectivity index (χ1n) is 10.1. The largest absolute Gasteiger partial charge is 0.490 e. The van der Waals surface area contributed by atoms with Crippen molar-refractivity contribution in [3.05, 3.63) is 39.8 Å². The summed E-state index contributed by atoms with van der Waals surface area (Å²) in [4.78, 5) is 9.01. The Labute approximate surface area is 178 Å². The van der Waals surface area contributed by atoms with E-state index in [0.717, 1.165) is 41.1 Å². The molecule has 0 bridgehead atoms. The molecule has 6 nitrogen and oxygen atoms in total. The summed E-state index contributed by atoms with van der Waals surface area (Å²) in [6, 6.07) is 6.11. The van der Waals surface area contributed by atoms with Gasteiger partial charge in [-0.3, -0.25) is 4.99 Å². The van der Waals surface area contributed by atoms with Gasteiger partial charge in [0.2, 0.25) is 0 Å². The van der Waals surface area contributed by atoms with Crippen molar-refractivity contribution in [1.82, 2.24) is 15.6 Å². The Morgan fingerprint density at radius 3 is 2.45 bits per heavy atom. The lowest BCUT2D eigenvalue weighted by Gasteiger charge is -2.14. The summed E-state index contributed by atoms with van der Waals surface area (Å²) in [5.74, 6) is 2.36. The highest BCUT2D eigenvalue weighted by Crippen LogP contribution is 2.28. The Morgan fingerprint density at radius 2 is 1.83 bits per heavy atom. The second-order valence-corrected chi connectivity index (χ2v) is 8.50. The number of hydrogen-bond donors (Lipinski definition) is 2. The Bertz CT molecular complexity index is 796. The number of ether oxygens (including phenoxy) is 2. The predicted octanol–water partition coefficient (Wildman–Crippen LogP) is 4.15. The van der Waals surface area contributed by atoms with E-state index in [1.807, 2.05) is 19.9 Å². The Hall–Kier alpha value is -2.28. The minimum atomic E-state index is 0.0842. The fourth-order valence-corrected chi connectivity index (χ4v) is 3.61. The number of thiazole rings is 1. The maximum atomic E-state index is 5.70. The van der Waals surface area contributed by atoms with E-state index in [0.29, 0.717) is 19.8 Å². The second-order valence-electron chi connectivity index (χ2n) is 7.64. The van der Waals surface area contributed by atoms with Crippen LogP contribution in [0.5, 0.6) is 11.5 Å². The lowest BCUT2D eigenvalue weighted by molar-refractivity contribution is 0.287. The van der Waals surface area contributed by atoms with Gasteiger partial charge in [-0.05, 0) is 38.0 Å². The van der Waals surface area contributed by atoms with Gasteiger partial charge in [0.05, 0.1) is 30.5 Å². The molecule has 2 rings (SSSR count). The van der Waals surface area contributed by atoms with Gasteiger partial charge in [-0.2, -0.15) is 0 Å².